The van der Waals surface area contributed by atoms with E-state index >= 15 is 0 Å². The van der Waals surface area contributed by atoms with Gasteiger partial charge in [-0.3, -0.25) is 9.80 Å². The summed E-state index contributed by atoms with van der Waals surface area (Å²) < 4.78 is 0. The van der Waals surface area contributed by atoms with Gasteiger partial charge in [0.1, 0.15) is 29.0 Å². The fourth-order valence-electron chi connectivity index (χ4n) is 7.15. The average molecular weight is 687 g/mol. The molecule has 0 unspecified atom stereocenters. The summed E-state index contributed by atoms with van der Waals surface area (Å²) >= 11 is 0. The van der Waals surface area contributed by atoms with Crippen LogP contribution in [0.1, 0.15) is 40.0 Å². The van der Waals surface area contributed by atoms with Crippen molar-refractivity contribution in [3.8, 4) is 5.75 Å². The maximum Gasteiger partial charge on any atom is 0.121 e. The first-order valence-electron chi connectivity index (χ1n) is 17.5. The van der Waals surface area contributed by atoms with E-state index in [2.05, 4.69) is 36.7 Å². The number of benzene rings is 5. The lowest BCUT2D eigenvalue weighted by Gasteiger charge is -2.27. The predicted molar refractivity (Wildman–Crippen MR) is 203 cm³/mol. The van der Waals surface area contributed by atoms with Gasteiger partial charge in [-0.1, -0.05) is 54.6 Å². The second-order valence-corrected chi connectivity index (χ2v) is 13.5. The van der Waals surface area contributed by atoms with Gasteiger partial charge < -0.3 is 25.0 Å². The van der Waals surface area contributed by atoms with Crippen LogP contribution in [-0.4, -0.2) is 54.8 Å². The van der Waals surface area contributed by atoms with Crippen LogP contribution < -0.4 is 0 Å². The summed E-state index contributed by atoms with van der Waals surface area (Å²) in [5.74, 6) is 3.69. The zero-order valence-corrected chi connectivity index (χ0v) is 28.8. The highest BCUT2D eigenvalue weighted by Gasteiger charge is 2.22. The molecule has 0 amide bonds. The molecule has 4 heterocycles. The number of nitrogens with one attached hydrogen (secondary N) is 4. The summed E-state index contributed by atoms with van der Waals surface area (Å²) in [6.07, 6.45) is 0. The number of aromatic hydroxyl groups is 1. The third-order valence-electron chi connectivity index (χ3n) is 9.65. The predicted octanol–water partition coefficient (Wildman–Crippen LogP) is 7.61. The molecule has 0 spiro atoms. The van der Waals surface area contributed by atoms with Crippen molar-refractivity contribution in [2.45, 2.75) is 46.2 Å². The number of aromatic nitrogens is 8. The monoisotopic (exact) mass is 686 g/mol. The number of nitrogens with zero attached hydrogens (tertiary/aromatic N) is 6. The van der Waals surface area contributed by atoms with E-state index in [1.807, 2.05) is 103 Å². The maximum absolute atomic E-state index is 11.6. The van der Waals surface area contributed by atoms with E-state index in [1.54, 1.807) is 6.07 Å². The number of hydrogen-bond acceptors (Lipinski definition) is 7. The minimum atomic E-state index is 0.257. The molecule has 0 saturated heterocycles. The van der Waals surface area contributed by atoms with Crippen LogP contribution in [-0.2, 0) is 39.3 Å². The third kappa shape index (κ3) is 6.50. The molecule has 0 aliphatic heterocycles. The van der Waals surface area contributed by atoms with Crippen LogP contribution in [0.4, 0.5) is 0 Å². The number of imidazole rings is 4. The van der Waals surface area contributed by atoms with Gasteiger partial charge in [0.05, 0.1) is 70.3 Å². The number of para-hydroxylation sites is 8. The van der Waals surface area contributed by atoms with Crippen molar-refractivity contribution in [2.24, 2.45) is 0 Å². The molecule has 9 rings (SSSR count). The minimum absolute atomic E-state index is 0.257. The highest BCUT2D eigenvalue weighted by molar-refractivity contribution is 5.76. The Hall–Kier alpha value is -6.30. The van der Waals surface area contributed by atoms with Crippen molar-refractivity contribution in [1.29, 1.82) is 0 Å². The molecule has 258 valence electrons. The lowest BCUT2D eigenvalue weighted by atomic mass is 9.99. The van der Waals surface area contributed by atoms with Crippen LogP contribution in [0.25, 0.3) is 44.1 Å². The lowest BCUT2D eigenvalue weighted by molar-refractivity contribution is 0.221. The van der Waals surface area contributed by atoms with Crippen molar-refractivity contribution in [3.63, 3.8) is 0 Å². The third-order valence-corrected chi connectivity index (χ3v) is 9.65. The van der Waals surface area contributed by atoms with E-state index < -0.39 is 0 Å². The Morgan fingerprint density at radius 3 is 1.10 bits per heavy atom. The zero-order valence-electron chi connectivity index (χ0n) is 28.8. The van der Waals surface area contributed by atoms with E-state index in [-0.39, 0.29) is 5.75 Å². The quantitative estimate of drug-likeness (QED) is 0.0891. The summed E-state index contributed by atoms with van der Waals surface area (Å²) in [4.78, 5) is 38.2. The van der Waals surface area contributed by atoms with E-state index in [4.69, 9.17) is 19.9 Å². The second-order valence-electron chi connectivity index (χ2n) is 13.5. The molecule has 0 aliphatic carbocycles. The van der Waals surface area contributed by atoms with Crippen LogP contribution in [0.15, 0.2) is 109 Å². The van der Waals surface area contributed by atoms with Crippen LogP contribution in [0.3, 0.4) is 0 Å². The second kappa shape index (κ2) is 13.4. The first-order valence-corrected chi connectivity index (χ1v) is 17.5. The molecule has 0 bridgehead atoms. The molecule has 9 aromatic rings. The fourth-order valence-corrected chi connectivity index (χ4v) is 7.15. The molecule has 4 aromatic heterocycles. The van der Waals surface area contributed by atoms with Gasteiger partial charge in [0.2, 0.25) is 0 Å². The van der Waals surface area contributed by atoms with Crippen molar-refractivity contribution in [1.82, 2.24) is 49.7 Å². The van der Waals surface area contributed by atoms with E-state index in [0.29, 0.717) is 39.3 Å². The van der Waals surface area contributed by atoms with Crippen molar-refractivity contribution < 1.29 is 5.11 Å². The van der Waals surface area contributed by atoms with E-state index in [0.717, 1.165) is 84.1 Å². The molecular formula is C41H38N10O. The number of fused-ring (bicyclic) bond motifs is 4. The van der Waals surface area contributed by atoms with Crippen LogP contribution in [0.5, 0.6) is 5.75 Å². The molecular weight excluding hydrogens is 649 g/mol. The molecule has 0 aliphatic rings. The number of phenolic OH excluding ortho intramolecular Hbond substituents is 1. The van der Waals surface area contributed by atoms with Crippen molar-refractivity contribution in [2.75, 3.05) is 0 Å². The summed E-state index contributed by atoms with van der Waals surface area (Å²) in [5, 5.41) is 11.6. The molecule has 0 saturated carbocycles. The molecule has 5 aromatic carbocycles. The summed E-state index contributed by atoms with van der Waals surface area (Å²) in [7, 11) is 0. The van der Waals surface area contributed by atoms with Gasteiger partial charge in [-0.25, -0.2) is 19.9 Å². The van der Waals surface area contributed by atoms with Gasteiger partial charge in [-0.15, -0.1) is 0 Å². The number of H-pyrrole nitrogens is 4. The van der Waals surface area contributed by atoms with Gasteiger partial charge in [-0.2, -0.15) is 0 Å². The largest absolute Gasteiger partial charge is 0.508 e. The Balaban J connectivity index is 1.07. The zero-order chi connectivity index (χ0) is 35.0. The first-order chi connectivity index (χ1) is 25.5. The first kappa shape index (κ1) is 31.7. The van der Waals surface area contributed by atoms with Crippen LogP contribution in [0, 0.1) is 6.92 Å². The van der Waals surface area contributed by atoms with Crippen LogP contribution >= 0.6 is 0 Å². The number of aryl methyl sites for hydroxylation is 1. The van der Waals surface area contributed by atoms with Gasteiger partial charge in [0, 0.05) is 18.7 Å². The molecule has 52 heavy (non-hydrogen) atoms. The fraction of sp³-hybridized carbons (Fsp3) is 0.171. The molecule has 0 atom stereocenters. The van der Waals surface area contributed by atoms with Gasteiger partial charge >= 0.3 is 0 Å². The van der Waals surface area contributed by atoms with Crippen LogP contribution in [0.2, 0.25) is 0 Å². The molecule has 11 nitrogen and oxygen atoms in total. The van der Waals surface area contributed by atoms with Gasteiger partial charge in [-0.05, 0) is 72.6 Å². The molecule has 5 N–H and O–H groups in total. The normalized spacial score (nSPS) is 12.1. The Labute approximate surface area is 299 Å². The minimum Gasteiger partial charge on any atom is -0.508 e. The number of phenols is 1. The molecule has 0 fully saturated rings. The van der Waals surface area contributed by atoms with Crippen molar-refractivity contribution >= 4 is 44.1 Å². The lowest BCUT2D eigenvalue weighted by Crippen LogP contribution is -2.27. The smallest absolute Gasteiger partial charge is 0.121 e. The highest BCUT2D eigenvalue weighted by atomic mass is 16.3. The maximum atomic E-state index is 11.6. The Bertz CT molecular complexity index is 2200. The number of aromatic amines is 4. The van der Waals surface area contributed by atoms with Crippen molar-refractivity contribution in [3.05, 3.63) is 149 Å². The SMILES string of the molecule is Cc1ccc(O)c(CN(Cc2nc3ccccc3[nH]2)Cc2nc3ccccc3[nH]2)c1CN(Cc1nc2ccccc2[nH]1)Cc1nc2ccccc2[nH]1. The van der Waals surface area contributed by atoms with Gasteiger partial charge in [0.15, 0.2) is 0 Å². The van der Waals surface area contributed by atoms with E-state index in [1.165, 1.54) is 0 Å². The molecule has 0 radical (unpaired) electrons. The molecule has 11 heteroatoms. The topological polar surface area (TPSA) is 141 Å². The Morgan fingerprint density at radius 1 is 0.423 bits per heavy atom. The summed E-state index contributed by atoms with van der Waals surface area (Å²) in [6.45, 7) is 5.32. The standard InChI is InChI=1S/C41H38N10O/c1-26-18-19-37(52)28(21-51(24-40-46-33-14-6-7-15-34(33)47-40)25-41-48-35-16-8-9-17-36(35)49-41)27(26)20-50(22-38-42-29-10-2-3-11-30(29)43-38)23-39-44-31-12-4-5-13-32(31)45-39/h2-19,52H,20-25H2,1H3,(H,42,43)(H,44,45)(H,46,47)(H,48,49). The van der Waals surface area contributed by atoms with Gasteiger partial charge in [0.25, 0.3) is 0 Å². The average Bonchev–Trinajstić information content (AvgIpc) is 3.94. The summed E-state index contributed by atoms with van der Waals surface area (Å²) in [6, 6.07) is 36.1. The number of hydrogen-bond donors (Lipinski definition) is 5. The Morgan fingerprint density at radius 2 is 0.750 bits per heavy atom. The Kier molecular flexibility index (Phi) is 8.18. The summed E-state index contributed by atoms with van der Waals surface area (Å²) in [5.41, 5.74) is 10.7. The number of rotatable bonds is 12. The highest BCUT2D eigenvalue weighted by Crippen LogP contribution is 2.30. The van der Waals surface area contributed by atoms with E-state index in [9.17, 15) is 5.11 Å².